The van der Waals surface area contributed by atoms with Crippen LogP contribution < -0.4 is 4.74 Å². The van der Waals surface area contributed by atoms with Gasteiger partial charge >= 0.3 is 0 Å². The molecule has 0 aliphatic carbocycles. The molecule has 61 heavy (non-hydrogen) atoms. The molecule has 6 aromatic rings. The largest absolute Gasteiger partial charge is 0.494 e. The highest BCUT2D eigenvalue weighted by molar-refractivity contribution is 6.30. The number of hydrogen-bond acceptors (Lipinski definition) is 6. The number of carbonyl (C=O) groups is 2. The molecule has 1 saturated heterocycles. The number of nitrogens with one attached hydrogen (secondary N) is 1. The number of nitrogens with zero attached hydrogens (tertiary/aromatic N) is 5. The summed E-state index contributed by atoms with van der Waals surface area (Å²) in [4.78, 5) is 29.7. The topological polar surface area (TPSA) is 103 Å². The summed E-state index contributed by atoms with van der Waals surface area (Å²) >= 11 is 6.11. The maximum atomic E-state index is 15.3. The van der Waals surface area contributed by atoms with Gasteiger partial charge in [-0.2, -0.15) is 10.2 Å². The molecule has 1 unspecified atom stereocenters. The van der Waals surface area contributed by atoms with E-state index in [4.69, 9.17) is 16.3 Å². The van der Waals surface area contributed by atoms with Crippen molar-refractivity contribution in [1.82, 2.24) is 20.0 Å². The van der Waals surface area contributed by atoms with Crippen molar-refractivity contribution in [1.29, 1.82) is 0 Å². The number of aromatic nitrogens is 2. The van der Waals surface area contributed by atoms with Crippen molar-refractivity contribution in [2.45, 2.75) is 51.5 Å². The van der Waals surface area contributed by atoms with Crippen LogP contribution in [0.1, 0.15) is 93.6 Å². The number of azo groups is 1. The molecule has 8 rings (SSSR count). The number of H-pyrrole nitrogens is 1. The van der Waals surface area contributed by atoms with Crippen molar-refractivity contribution in [3.8, 4) is 5.75 Å². The summed E-state index contributed by atoms with van der Waals surface area (Å²) in [6.07, 6.45) is 6.87. The smallest absolute Gasteiger partial charge is 0.295 e. The molecule has 9 nitrogen and oxygen atoms in total. The van der Waals surface area contributed by atoms with Gasteiger partial charge in [-0.05, 0) is 114 Å². The molecule has 5 aromatic carbocycles. The van der Waals surface area contributed by atoms with E-state index in [0.717, 1.165) is 95.4 Å². The van der Waals surface area contributed by atoms with Gasteiger partial charge < -0.3 is 9.64 Å². The second kappa shape index (κ2) is 19.1. The molecule has 0 bridgehead atoms. The Kier molecular flexibility index (Phi) is 13.1. The van der Waals surface area contributed by atoms with Crippen molar-refractivity contribution in [2.75, 3.05) is 39.3 Å². The number of rotatable bonds is 15. The second-order valence-electron chi connectivity index (χ2n) is 15.6. The van der Waals surface area contributed by atoms with Crippen LogP contribution in [0.15, 0.2) is 120 Å². The number of halogens is 3. The molecule has 1 fully saturated rings. The highest BCUT2D eigenvalue weighted by Gasteiger charge is 2.27. The van der Waals surface area contributed by atoms with E-state index >= 15 is 4.39 Å². The minimum atomic E-state index is -0.544. The van der Waals surface area contributed by atoms with E-state index < -0.39 is 5.82 Å². The predicted octanol–water partition coefficient (Wildman–Crippen LogP) is 11.2. The first kappa shape index (κ1) is 41.7. The SMILES string of the molecule is CC/C(=C(/c1ccc(OCCCCCCN2CCN(C(=O)c3cc(CC4N=NC(=O)c5ccccc54)ccc3F)CC2)cc1)c1ccc2[nH]ncc2c1)c1ccc(Cl)cc1F. The minimum absolute atomic E-state index is 0.0582. The average molecular weight is 841 g/mol. The van der Waals surface area contributed by atoms with E-state index in [2.05, 4.69) is 31.4 Å². The van der Waals surface area contributed by atoms with E-state index in [-0.39, 0.29) is 29.2 Å². The maximum Gasteiger partial charge on any atom is 0.295 e. The molecule has 2 aliphatic heterocycles. The first-order chi connectivity index (χ1) is 29.7. The van der Waals surface area contributed by atoms with Gasteiger partial charge in [-0.25, -0.2) is 8.78 Å². The van der Waals surface area contributed by atoms with Crippen LogP contribution in [0.3, 0.4) is 0 Å². The lowest BCUT2D eigenvalue weighted by Gasteiger charge is -2.35. The molecule has 0 radical (unpaired) electrons. The van der Waals surface area contributed by atoms with Crippen LogP contribution in [0.25, 0.3) is 22.0 Å². The number of allylic oxidation sites excluding steroid dienone is 1. The lowest BCUT2D eigenvalue weighted by molar-refractivity contribution is 0.0630. The molecule has 3 heterocycles. The van der Waals surface area contributed by atoms with Gasteiger partial charge in [0.05, 0.1) is 23.9 Å². The van der Waals surface area contributed by atoms with Gasteiger partial charge in [0.1, 0.15) is 23.4 Å². The van der Waals surface area contributed by atoms with E-state index in [1.807, 2.05) is 55.5 Å². The Bertz CT molecular complexity index is 2600. The van der Waals surface area contributed by atoms with Crippen LogP contribution in [0, 0.1) is 11.6 Å². The lowest BCUT2D eigenvalue weighted by atomic mass is 9.87. The molecule has 0 spiro atoms. The fourth-order valence-corrected chi connectivity index (χ4v) is 8.51. The number of fused-ring (bicyclic) bond motifs is 2. The first-order valence-corrected chi connectivity index (χ1v) is 21.3. The summed E-state index contributed by atoms with van der Waals surface area (Å²) in [6.45, 7) is 6.13. The van der Waals surface area contributed by atoms with Gasteiger partial charge in [0.2, 0.25) is 0 Å². The van der Waals surface area contributed by atoms with Crippen LogP contribution in [0.4, 0.5) is 8.78 Å². The van der Waals surface area contributed by atoms with Crippen LogP contribution >= 0.6 is 11.6 Å². The summed E-state index contributed by atoms with van der Waals surface area (Å²) < 4.78 is 36.4. The number of hydrogen-bond donors (Lipinski definition) is 1. The number of amides is 2. The molecule has 1 atom stereocenters. The first-order valence-electron chi connectivity index (χ1n) is 20.9. The van der Waals surface area contributed by atoms with Crippen molar-refractivity contribution in [2.24, 2.45) is 10.2 Å². The zero-order chi connectivity index (χ0) is 42.3. The molecule has 0 saturated carbocycles. The van der Waals surface area contributed by atoms with E-state index in [9.17, 15) is 14.0 Å². The van der Waals surface area contributed by atoms with Gasteiger partial charge in [0.25, 0.3) is 11.8 Å². The summed E-state index contributed by atoms with van der Waals surface area (Å²) in [5.74, 6) is -0.795. The quantitative estimate of drug-likeness (QED) is 0.0819. The van der Waals surface area contributed by atoms with Gasteiger partial charge in [-0.15, -0.1) is 5.11 Å². The highest BCUT2D eigenvalue weighted by Crippen LogP contribution is 2.38. The Balaban J connectivity index is 0.790. The second-order valence-corrected chi connectivity index (χ2v) is 16.0. The molecular formula is C49H47ClF2N6O3. The van der Waals surface area contributed by atoms with Crippen LogP contribution in [0.5, 0.6) is 5.75 Å². The third-order valence-corrected chi connectivity index (χ3v) is 11.8. The predicted molar refractivity (Wildman–Crippen MR) is 235 cm³/mol. The molecule has 2 amide bonds. The molecule has 1 N–H and O–H groups in total. The average Bonchev–Trinajstić information content (AvgIpc) is 3.76. The van der Waals surface area contributed by atoms with Crippen molar-refractivity contribution < 1.29 is 23.1 Å². The monoisotopic (exact) mass is 840 g/mol. The zero-order valence-electron chi connectivity index (χ0n) is 34.0. The van der Waals surface area contributed by atoms with Crippen LogP contribution in [0.2, 0.25) is 5.02 Å². The molecule has 12 heteroatoms. The van der Waals surface area contributed by atoms with Gasteiger partial charge in [0.15, 0.2) is 0 Å². The normalized spacial score (nSPS) is 15.8. The standard InChI is InChI=1S/C49H47ClF2N6O3/c1-2-38(39-18-15-36(50)30-44(39)52)47(34-14-20-45-35(29-34)31-53-54-45)33-12-16-37(17-13-33)61-26-8-4-3-7-21-57-22-24-58(25-23-57)49(60)42-27-32(11-19-43(42)51)28-46-40-9-5-6-10-41(40)48(59)56-55-46/h5-6,9-20,27,29-31,46H,2-4,7-8,21-26,28H2,1H3,(H,53,54)/b47-38+. The number of unbranched alkanes of at least 4 members (excludes halogenated alkanes) is 3. The Morgan fingerprint density at radius 1 is 0.836 bits per heavy atom. The maximum absolute atomic E-state index is 15.3. The highest BCUT2D eigenvalue weighted by atomic mass is 35.5. The fourth-order valence-electron chi connectivity index (χ4n) is 8.35. The number of aromatic amines is 1. The molecular weight excluding hydrogens is 794 g/mol. The van der Waals surface area contributed by atoms with Crippen molar-refractivity contribution >= 4 is 45.5 Å². The number of ether oxygens (including phenoxy) is 1. The summed E-state index contributed by atoms with van der Waals surface area (Å²) in [5, 5.41) is 16.5. The fraction of sp³-hybridized carbons (Fsp3) is 0.286. The van der Waals surface area contributed by atoms with E-state index in [1.165, 1.54) is 12.1 Å². The lowest BCUT2D eigenvalue weighted by Crippen LogP contribution is -2.49. The molecule has 2 aliphatic rings. The van der Waals surface area contributed by atoms with Gasteiger partial charge in [0, 0.05) is 54.1 Å². The zero-order valence-corrected chi connectivity index (χ0v) is 34.8. The Morgan fingerprint density at radius 2 is 1.62 bits per heavy atom. The van der Waals surface area contributed by atoms with Gasteiger partial charge in [-0.3, -0.25) is 19.6 Å². The van der Waals surface area contributed by atoms with Crippen LogP contribution in [-0.2, 0) is 6.42 Å². The Labute approximate surface area is 359 Å². The third-order valence-electron chi connectivity index (χ3n) is 11.6. The van der Waals surface area contributed by atoms with Crippen molar-refractivity contribution in [3.05, 3.63) is 165 Å². The number of carbonyl (C=O) groups excluding carboxylic acids is 2. The minimum Gasteiger partial charge on any atom is -0.494 e. The summed E-state index contributed by atoms with van der Waals surface area (Å²) in [7, 11) is 0. The van der Waals surface area contributed by atoms with Crippen LogP contribution in [-0.4, -0.2) is 71.1 Å². The Morgan fingerprint density at radius 3 is 2.43 bits per heavy atom. The Hall–Kier alpha value is -6.04. The van der Waals surface area contributed by atoms with E-state index in [1.54, 1.807) is 47.5 Å². The molecule has 1 aromatic heterocycles. The van der Waals surface area contributed by atoms with Gasteiger partial charge in [-0.1, -0.05) is 79.9 Å². The summed E-state index contributed by atoms with van der Waals surface area (Å²) in [5.41, 5.74) is 7.33. The number of benzene rings is 5. The summed E-state index contributed by atoms with van der Waals surface area (Å²) in [6, 6.07) is 30.4. The number of piperazine rings is 1. The van der Waals surface area contributed by atoms with E-state index in [0.29, 0.717) is 48.7 Å². The van der Waals surface area contributed by atoms with Crippen molar-refractivity contribution in [3.63, 3.8) is 0 Å². The molecule has 312 valence electrons. The third kappa shape index (κ3) is 9.64.